The van der Waals surface area contributed by atoms with Crippen molar-refractivity contribution in [3.05, 3.63) is 68.3 Å². The normalized spacial score (nSPS) is 12.5. The van der Waals surface area contributed by atoms with Crippen LogP contribution in [-0.2, 0) is 0 Å². The van der Waals surface area contributed by atoms with Gasteiger partial charge in [0.05, 0.1) is 4.83 Å². The molecule has 0 fully saturated rings. The molecule has 0 saturated carbocycles. The van der Waals surface area contributed by atoms with Gasteiger partial charge < -0.3 is 0 Å². The van der Waals surface area contributed by atoms with Crippen LogP contribution in [0.2, 0.25) is 0 Å². The summed E-state index contributed by atoms with van der Waals surface area (Å²) in [5.41, 5.74) is 2.57. The highest BCUT2D eigenvalue weighted by atomic mass is 127. The highest BCUT2D eigenvalue weighted by Crippen LogP contribution is 2.36. The molecular weight excluding hydrogens is 413 g/mol. The van der Waals surface area contributed by atoms with Crippen LogP contribution in [0.25, 0.3) is 0 Å². The largest absolute Gasteiger partial charge is 0.207 e. The minimum absolute atomic E-state index is 0.273. The van der Waals surface area contributed by atoms with E-state index >= 15 is 0 Å². The first kappa shape index (κ1) is 13.9. The van der Waals surface area contributed by atoms with Crippen molar-refractivity contribution in [2.75, 3.05) is 0 Å². The van der Waals surface area contributed by atoms with E-state index in [1.165, 1.54) is 12.1 Å². The molecule has 0 aliphatic heterocycles. The molecule has 0 amide bonds. The first-order valence-corrected chi connectivity index (χ1v) is 7.34. The van der Waals surface area contributed by atoms with Gasteiger partial charge in [0.15, 0.2) is 0 Å². The molecule has 0 bridgehead atoms. The summed E-state index contributed by atoms with van der Waals surface area (Å²) >= 11 is 5.73. The second kappa shape index (κ2) is 5.65. The number of rotatable bonds is 2. The van der Waals surface area contributed by atoms with Crippen LogP contribution in [0.4, 0.5) is 8.78 Å². The predicted molar refractivity (Wildman–Crippen MR) is 81.0 cm³/mol. The van der Waals surface area contributed by atoms with Gasteiger partial charge >= 0.3 is 0 Å². The molecular formula is C14H10BrF2I. The third-order valence-corrected chi connectivity index (χ3v) is 5.19. The van der Waals surface area contributed by atoms with E-state index in [1.54, 1.807) is 0 Å². The molecule has 2 aromatic rings. The van der Waals surface area contributed by atoms with Crippen LogP contribution in [0.3, 0.4) is 0 Å². The van der Waals surface area contributed by atoms with Crippen molar-refractivity contribution in [3.63, 3.8) is 0 Å². The zero-order valence-electron chi connectivity index (χ0n) is 9.55. The molecule has 1 atom stereocenters. The van der Waals surface area contributed by atoms with Gasteiger partial charge in [-0.25, -0.2) is 8.78 Å². The molecule has 0 radical (unpaired) electrons. The van der Waals surface area contributed by atoms with Crippen LogP contribution in [-0.4, -0.2) is 0 Å². The fraction of sp³-hybridized carbons (Fsp3) is 0.143. The third-order valence-electron chi connectivity index (χ3n) is 2.73. The molecule has 0 heterocycles. The minimum Gasteiger partial charge on any atom is -0.207 e. The molecule has 2 rings (SSSR count). The molecule has 0 aliphatic carbocycles. The smallest absolute Gasteiger partial charge is 0.130 e. The van der Waals surface area contributed by atoms with E-state index in [9.17, 15) is 8.78 Å². The lowest BCUT2D eigenvalue weighted by Gasteiger charge is -2.15. The fourth-order valence-corrected chi connectivity index (χ4v) is 3.59. The molecule has 0 N–H and O–H groups in total. The Morgan fingerprint density at radius 1 is 1.11 bits per heavy atom. The quantitative estimate of drug-likeness (QED) is 0.451. The van der Waals surface area contributed by atoms with E-state index in [2.05, 4.69) is 38.5 Å². The van der Waals surface area contributed by atoms with Gasteiger partial charge in [0, 0.05) is 15.2 Å². The average molecular weight is 423 g/mol. The maximum absolute atomic E-state index is 13.7. The topological polar surface area (TPSA) is 0 Å². The van der Waals surface area contributed by atoms with Gasteiger partial charge in [-0.15, -0.1) is 0 Å². The number of hydrogen-bond acceptors (Lipinski definition) is 0. The van der Waals surface area contributed by atoms with Gasteiger partial charge in [-0.2, -0.15) is 0 Å². The van der Waals surface area contributed by atoms with Gasteiger partial charge in [-0.3, -0.25) is 0 Å². The number of halogens is 4. The zero-order valence-corrected chi connectivity index (χ0v) is 13.3. The lowest BCUT2D eigenvalue weighted by atomic mass is 10.0. The Kier molecular flexibility index (Phi) is 4.37. The Bertz CT molecular complexity index is 584. The SMILES string of the molecule is Cc1cccc(C(Br)c2ccc(F)cc2F)c1I. The third kappa shape index (κ3) is 2.74. The molecule has 4 heteroatoms. The van der Waals surface area contributed by atoms with Crippen LogP contribution in [0.5, 0.6) is 0 Å². The fourth-order valence-electron chi connectivity index (χ4n) is 1.74. The first-order valence-electron chi connectivity index (χ1n) is 5.34. The minimum atomic E-state index is -0.560. The second-order valence-electron chi connectivity index (χ2n) is 4.01. The Balaban J connectivity index is 2.48. The molecule has 0 spiro atoms. The van der Waals surface area contributed by atoms with Gasteiger partial charge in [0.2, 0.25) is 0 Å². The molecule has 0 nitrogen and oxygen atoms in total. The summed E-state index contributed by atoms with van der Waals surface area (Å²) in [5, 5.41) is 0. The summed E-state index contributed by atoms with van der Waals surface area (Å²) in [6.45, 7) is 2.01. The van der Waals surface area contributed by atoms with Gasteiger partial charge in [0.25, 0.3) is 0 Å². The molecule has 2 aromatic carbocycles. The summed E-state index contributed by atoms with van der Waals surface area (Å²) in [5.74, 6) is -1.09. The standard InChI is InChI=1S/C14H10BrF2I/c1-8-3-2-4-11(14(8)18)13(15)10-6-5-9(16)7-12(10)17/h2-7,13H,1H3. The lowest BCUT2D eigenvalue weighted by molar-refractivity contribution is 0.574. The molecule has 0 aliphatic rings. The highest BCUT2D eigenvalue weighted by molar-refractivity contribution is 14.1. The Hall–Kier alpha value is -0.490. The lowest BCUT2D eigenvalue weighted by Crippen LogP contribution is -2.00. The number of hydrogen-bond donors (Lipinski definition) is 0. The second-order valence-corrected chi connectivity index (χ2v) is 6.00. The molecule has 1 unspecified atom stereocenters. The maximum atomic E-state index is 13.7. The molecule has 0 aromatic heterocycles. The van der Waals surface area contributed by atoms with E-state index in [0.717, 1.165) is 20.8 Å². The zero-order chi connectivity index (χ0) is 13.3. The van der Waals surface area contributed by atoms with Crippen LogP contribution >= 0.6 is 38.5 Å². The summed E-state index contributed by atoms with van der Waals surface area (Å²) in [6, 6.07) is 9.54. The molecule has 0 saturated heterocycles. The maximum Gasteiger partial charge on any atom is 0.130 e. The Morgan fingerprint density at radius 3 is 2.50 bits per heavy atom. The van der Waals surface area contributed by atoms with Crippen molar-refractivity contribution in [1.29, 1.82) is 0 Å². The Morgan fingerprint density at radius 2 is 1.83 bits per heavy atom. The summed E-state index contributed by atoms with van der Waals surface area (Å²) in [6.07, 6.45) is 0. The van der Waals surface area contributed by atoms with E-state index in [1.807, 2.05) is 25.1 Å². The van der Waals surface area contributed by atoms with Crippen molar-refractivity contribution in [3.8, 4) is 0 Å². The van der Waals surface area contributed by atoms with Crippen molar-refractivity contribution < 1.29 is 8.78 Å². The predicted octanol–water partition coefficient (Wildman–Crippen LogP) is 5.36. The van der Waals surface area contributed by atoms with E-state index in [-0.39, 0.29) is 4.83 Å². The van der Waals surface area contributed by atoms with Gasteiger partial charge in [-0.1, -0.05) is 40.2 Å². The molecule has 18 heavy (non-hydrogen) atoms. The van der Waals surface area contributed by atoms with Crippen molar-refractivity contribution in [1.82, 2.24) is 0 Å². The van der Waals surface area contributed by atoms with Gasteiger partial charge in [-0.05, 0) is 46.7 Å². The van der Waals surface area contributed by atoms with Crippen LogP contribution in [0.1, 0.15) is 21.5 Å². The van der Waals surface area contributed by atoms with Crippen LogP contribution in [0.15, 0.2) is 36.4 Å². The Labute approximate surface area is 127 Å². The average Bonchev–Trinajstić information content (AvgIpc) is 2.32. The van der Waals surface area contributed by atoms with Crippen molar-refractivity contribution in [2.45, 2.75) is 11.8 Å². The van der Waals surface area contributed by atoms with Crippen molar-refractivity contribution in [2.24, 2.45) is 0 Å². The van der Waals surface area contributed by atoms with Crippen LogP contribution in [0, 0.1) is 22.1 Å². The monoisotopic (exact) mass is 422 g/mol. The first-order chi connectivity index (χ1) is 8.50. The number of alkyl halides is 1. The van der Waals surface area contributed by atoms with Gasteiger partial charge in [0.1, 0.15) is 11.6 Å². The highest BCUT2D eigenvalue weighted by Gasteiger charge is 2.18. The number of aryl methyl sites for hydroxylation is 1. The summed E-state index contributed by atoms with van der Waals surface area (Å²) < 4.78 is 27.7. The molecule has 94 valence electrons. The van der Waals surface area contributed by atoms with Crippen molar-refractivity contribution >= 4 is 38.5 Å². The summed E-state index contributed by atoms with van der Waals surface area (Å²) in [7, 11) is 0. The van der Waals surface area contributed by atoms with Crippen LogP contribution < -0.4 is 0 Å². The van der Waals surface area contributed by atoms with E-state index in [4.69, 9.17) is 0 Å². The summed E-state index contributed by atoms with van der Waals surface area (Å²) in [4.78, 5) is -0.273. The number of benzene rings is 2. The van der Waals surface area contributed by atoms with E-state index in [0.29, 0.717) is 5.56 Å². The van der Waals surface area contributed by atoms with E-state index < -0.39 is 11.6 Å².